The van der Waals surface area contributed by atoms with E-state index in [9.17, 15) is 19.2 Å². The predicted molar refractivity (Wildman–Crippen MR) is 60.1 cm³/mol. The van der Waals surface area contributed by atoms with E-state index in [1.807, 2.05) is 0 Å². The fourth-order valence-corrected chi connectivity index (χ4v) is 2.78. The minimum atomic E-state index is -2.14. The topological polar surface area (TPSA) is 172 Å². The molecular formula is C10H16N4O4. The summed E-state index contributed by atoms with van der Waals surface area (Å²) in [7, 11) is 0. The highest BCUT2D eigenvalue weighted by Crippen LogP contribution is 2.50. The van der Waals surface area contributed by atoms with Crippen molar-refractivity contribution >= 4 is 23.6 Å². The number of rotatable bonds is 4. The van der Waals surface area contributed by atoms with Gasteiger partial charge in [0.15, 0.2) is 10.8 Å². The van der Waals surface area contributed by atoms with E-state index < -0.39 is 34.5 Å². The van der Waals surface area contributed by atoms with Crippen LogP contribution in [0.15, 0.2) is 0 Å². The van der Waals surface area contributed by atoms with E-state index >= 15 is 0 Å². The molecule has 0 saturated heterocycles. The van der Waals surface area contributed by atoms with Crippen molar-refractivity contribution in [2.45, 2.75) is 25.7 Å². The Labute approximate surface area is 103 Å². The second-order valence-electron chi connectivity index (χ2n) is 4.47. The first-order valence-electron chi connectivity index (χ1n) is 5.43. The van der Waals surface area contributed by atoms with E-state index in [2.05, 4.69) is 0 Å². The lowest BCUT2D eigenvalue weighted by Gasteiger charge is -2.45. The van der Waals surface area contributed by atoms with E-state index in [-0.39, 0.29) is 12.8 Å². The summed E-state index contributed by atoms with van der Waals surface area (Å²) in [6.45, 7) is 0. The molecule has 1 saturated carbocycles. The van der Waals surface area contributed by atoms with Crippen LogP contribution in [0.5, 0.6) is 0 Å². The fourth-order valence-electron chi connectivity index (χ4n) is 2.78. The Kier molecular flexibility index (Phi) is 3.32. The molecule has 0 aromatic heterocycles. The van der Waals surface area contributed by atoms with Crippen molar-refractivity contribution in [2.75, 3.05) is 0 Å². The van der Waals surface area contributed by atoms with E-state index in [0.29, 0.717) is 12.8 Å². The van der Waals surface area contributed by atoms with Gasteiger partial charge in [0.05, 0.1) is 0 Å². The molecule has 0 heterocycles. The summed E-state index contributed by atoms with van der Waals surface area (Å²) in [6, 6.07) is 0. The van der Waals surface area contributed by atoms with Crippen LogP contribution in [0.25, 0.3) is 0 Å². The van der Waals surface area contributed by atoms with Crippen LogP contribution < -0.4 is 22.9 Å². The quantitative estimate of drug-likeness (QED) is 0.406. The van der Waals surface area contributed by atoms with Gasteiger partial charge in [-0.2, -0.15) is 0 Å². The molecule has 1 aliphatic rings. The number of carbonyl (C=O) groups excluding carboxylic acids is 4. The number of hydrogen-bond donors (Lipinski definition) is 4. The van der Waals surface area contributed by atoms with E-state index in [1.54, 1.807) is 0 Å². The van der Waals surface area contributed by atoms with Gasteiger partial charge in [0.2, 0.25) is 23.6 Å². The molecule has 1 fully saturated rings. The second-order valence-corrected chi connectivity index (χ2v) is 4.47. The van der Waals surface area contributed by atoms with Crippen molar-refractivity contribution in [1.29, 1.82) is 0 Å². The molecular weight excluding hydrogens is 240 g/mol. The van der Waals surface area contributed by atoms with Crippen molar-refractivity contribution in [3.8, 4) is 0 Å². The Morgan fingerprint density at radius 3 is 1.00 bits per heavy atom. The van der Waals surface area contributed by atoms with Crippen LogP contribution in [-0.2, 0) is 19.2 Å². The molecule has 8 N–H and O–H groups in total. The van der Waals surface area contributed by atoms with Gasteiger partial charge in [-0.3, -0.25) is 19.2 Å². The Morgan fingerprint density at radius 1 is 0.611 bits per heavy atom. The highest BCUT2D eigenvalue weighted by Gasteiger charge is 2.67. The monoisotopic (exact) mass is 256 g/mol. The van der Waals surface area contributed by atoms with Crippen LogP contribution in [0.3, 0.4) is 0 Å². The summed E-state index contributed by atoms with van der Waals surface area (Å²) in [5, 5.41) is 0. The molecule has 4 amide bonds. The first kappa shape index (κ1) is 13.9. The molecule has 0 aromatic carbocycles. The fraction of sp³-hybridized carbons (Fsp3) is 0.600. The second kappa shape index (κ2) is 4.28. The number of hydrogen-bond acceptors (Lipinski definition) is 4. The third-order valence-electron chi connectivity index (χ3n) is 3.76. The predicted octanol–water partition coefficient (Wildman–Crippen LogP) is -2.53. The highest BCUT2D eigenvalue weighted by molar-refractivity contribution is 6.17. The molecule has 0 spiro atoms. The Balaban J connectivity index is 3.61. The molecule has 0 aromatic rings. The van der Waals surface area contributed by atoms with Crippen LogP contribution in [0.4, 0.5) is 0 Å². The maximum atomic E-state index is 11.6. The van der Waals surface area contributed by atoms with Crippen LogP contribution >= 0.6 is 0 Å². The standard InChI is InChI=1S/C10H16N4O4/c11-5(15)9(6(12)16)3-1-2-4-10(9,7(13)17)8(14)18/h1-4H2,(H2,11,15)(H2,12,16)(H2,13,17)(H2,14,18). The minimum absolute atomic E-state index is 0.108. The van der Waals surface area contributed by atoms with Gasteiger partial charge in [0, 0.05) is 0 Å². The van der Waals surface area contributed by atoms with Gasteiger partial charge in [0.1, 0.15) is 0 Å². The lowest BCUT2D eigenvalue weighted by atomic mass is 9.54. The largest absolute Gasteiger partial charge is 0.369 e. The maximum Gasteiger partial charge on any atom is 0.234 e. The highest BCUT2D eigenvalue weighted by atomic mass is 16.2. The summed E-state index contributed by atoms with van der Waals surface area (Å²) in [5.74, 6) is -4.58. The number of amides is 4. The molecule has 8 nitrogen and oxygen atoms in total. The Bertz CT molecular complexity index is 364. The van der Waals surface area contributed by atoms with Crippen molar-refractivity contribution in [1.82, 2.24) is 0 Å². The molecule has 0 aliphatic heterocycles. The summed E-state index contributed by atoms with van der Waals surface area (Å²) in [5.41, 5.74) is 16.5. The number of primary amides is 4. The summed E-state index contributed by atoms with van der Waals surface area (Å²) in [4.78, 5) is 46.6. The number of carbonyl (C=O) groups is 4. The molecule has 8 heteroatoms. The van der Waals surface area contributed by atoms with Crippen molar-refractivity contribution < 1.29 is 19.2 Å². The van der Waals surface area contributed by atoms with Crippen LogP contribution in [-0.4, -0.2) is 23.6 Å². The zero-order valence-electron chi connectivity index (χ0n) is 9.77. The SMILES string of the molecule is NC(=O)C1(C(N)=O)CCCCC1(C(N)=O)C(N)=O. The van der Waals surface area contributed by atoms with Crippen LogP contribution in [0.2, 0.25) is 0 Å². The molecule has 1 aliphatic carbocycles. The van der Waals surface area contributed by atoms with Crippen LogP contribution in [0, 0.1) is 10.8 Å². The van der Waals surface area contributed by atoms with E-state index in [0.717, 1.165) is 0 Å². The average molecular weight is 256 g/mol. The molecule has 0 radical (unpaired) electrons. The van der Waals surface area contributed by atoms with Gasteiger partial charge in [-0.15, -0.1) is 0 Å². The molecule has 0 unspecified atom stereocenters. The third-order valence-corrected chi connectivity index (χ3v) is 3.76. The van der Waals surface area contributed by atoms with Gasteiger partial charge < -0.3 is 22.9 Å². The zero-order chi connectivity index (χ0) is 14.1. The molecule has 18 heavy (non-hydrogen) atoms. The first-order valence-corrected chi connectivity index (χ1v) is 5.43. The lowest BCUT2D eigenvalue weighted by Crippen LogP contribution is -2.68. The van der Waals surface area contributed by atoms with Crippen molar-refractivity contribution in [3.63, 3.8) is 0 Å². The third kappa shape index (κ3) is 1.45. The minimum Gasteiger partial charge on any atom is -0.369 e. The maximum absolute atomic E-state index is 11.6. The van der Waals surface area contributed by atoms with Gasteiger partial charge in [-0.25, -0.2) is 0 Å². The summed E-state index contributed by atoms with van der Waals surface area (Å²) >= 11 is 0. The Hall–Kier alpha value is -2.12. The molecule has 1 rings (SSSR count). The summed E-state index contributed by atoms with van der Waals surface area (Å²) in [6.07, 6.45) is 0.634. The smallest absolute Gasteiger partial charge is 0.234 e. The molecule has 0 bridgehead atoms. The number of nitrogens with two attached hydrogens (primary N) is 4. The molecule has 0 atom stereocenters. The van der Waals surface area contributed by atoms with E-state index in [1.165, 1.54) is 0 Å². The first-order chi connectivity index (χ1) is 8.23. The summed E-state index contributed by atoms with van der Waals surface area (Å²) < 4.78 is 0. The van der Waals surface area contributed by atoms with Crippen molar-refractivity contribution in [2.24, 2.45) is 33.8 Å². The lowest BCUT2D eigenvalue weighted by molar-refractivity contribution is -0.168. The van der Waals surface area contributed by atoms with Crippen LogP contribution in [0.1, 0.15) is 25.7 Å². The van der Waals surface area contributed by atoms with Gasteiger partial charge in [-0.05, 0) is 12.8 Å². The van der Waals surface area contributed by atoms with Crippen molar-refractivity contribution in [3.05, 3.63) is 0 Å². The van der Waals surface area contributed by atoms with E-state index in [4.69, 9.17) is 22.9 Å². The normalized spacial score (nSPS) is 20.9. The molecule has 100 valence electrons. The zero-order valence-corrected chi connectivity index (χ0v) is 9.77. The van der Waals surface area contributed by atoms with Gasteiger partial charge >= 0.3 is 0 Å². The van der Waals surface area contributed by atoms with Gasteiger partial charge in [0.25, 0.3) is 0 Å². The Morgan fingerprint density at radius 2 is 0.833 bits per heavy atom. The average Bonchev–Trinajstić information content (AvgIpc) is 2.27. The van der Waals surface area contributed by atoms with Gasteiger partial charge in [-0.1, -0.05) is 12.8 Å².